The van der Waals surface area contributed by atoms with E-state index in [0.29, 0.717) is 27.2 Å². The lowest BCUT2D eigenvalue weighted by Crippen LogP contribution is -2.27. The molecule has 1 amide bonds. The minimum atomic E-state index is -0.426. The van der Waals surface area contributed by atoms with Gasteiger partial charge in [0.15, 0.2) is 0 Å². The lowest BCUT2D eigenvalue weighted by molar-refractivity contribution is 0.0815. The summed E-state index contributed by atoms with van der Waals surface area (Å²) in [6.45, 7) is 10.7. The highest BCUT2D eigenvalue weighted by Crippen LogP contribution is 2.35. The molecule has 0 spiro atoms. The quantitative estimate of drug-likeness (QED) is 0.440. The smallest absolute Gasteiger partial charge is 0.270 e. The minimum Gasteiger partial charge on any atom is -0.408 e. The Morgan fingerprint density at radius 2 is 1.83 bits per heavy atom. The van der Waals surface area contributed by atoms with Gasteiger partial charge in [0.05, 0.1) is 5.60 Å². The van der Waals surface area contributed by atoms with Crippen molar-refractivity contribution in [2.75, 3.05) is 19.4 Å². The minimum absolute atomic E-state index is 0.0152. The van der Waals surface area contributed by atoms with E-state index < -0.39 is 5.60 Å². The lowest BCUT2D eigenvalue weighted by Gasteiger charge is -2.29. The average Bonchev–Trinajstić information content (AvgIpc) is 3.44. The van der Waals surface area contributed by atoms with Crippen molar-refractivity contribution in [2.24, 2.45) is 0 Å². The zero-order chi connectivity index (χ0) is 25.4. The molecule has 0 aliphatic heterocycles. The normalized spacial score (nSPS) is 15.1. The van der Waals surface area contributed by atoms with Crippen LogP contribution >= 0.6 is 0 Å². The molecule has 1 N–H and O–H groups in total. The first kappa shape index (κ1) is 25.3. The van der Waals surface area contributed by atoms with Crippen molar-refractivity contribution in [1.82, 2.24) is 24.4 Å². The summed E-state index contributed by atoms with van der Waals surface area (Å²) in [6, 6.07) is 6.14. The van der Waals surface area contributed by atoms with Gasteiger partial charge >= 0.3 is 0 Å². The third-order valence-corrected chi connectivity index (χ3v) is 7.43. The summed E-state index contributed by atoms with van der Waals surface area (Å²) in [5.74, 6) is 1.10. The van der Waals surface area contributed by atoms with Crippen molar-refractivity contribution in [2.45, 2.75) is 77.0 Å². The summed E-state index contributed by atoms with van der Waals surface area (Å²) in [7, 11) is 3.95. The van der Waals surface area contributed by atoms with Gasteiger partial charge in [-0.15, -0.1) is 0 Å². The topological polar surface area (TPSA) is 85.2 Å². The largest absolute Gasteiger partial charge is 0.408 e. The number of aromatic nitrogens is 4. The fraction of sp³-hybridized carbons (Fsp3) is 0.538. The Hall–Kier alpha value is -2.78. The zero-order valence-electron chi connectivity index (χ0n) is 21.8. The van der Waals surface area contributed by atoms with E-state index >= 15 is 0 Å². The first-order valence-electron chi connectivity index (χ1n) is 12.2. The third kappa shape index (κ3) is 5.73. The molecule has 3 heterocycles. The monoisotopic (exact) mass is 492 g/mol. The van der Waals surface area contributed by atoms with Gasteiger partial charge in [0, 0.05) is 43.5 Å². The Morgan fingerprint density at radius 3 is 2.43 bits per heavy atom. The molecule has 3 aromatic heterocycles. The van der Waals surface area contributed by atoms with E-state index in [1.165, 1.54) is 12.8 Å². The van der Waals surface area contributed by atoms with Crippen LogP contribution in [0.4, 0.5) is 11.8 Å². The van der Waals surface area contributed by atoms with Crippen LogP contribution < -0.4 is 5.32 Å². The number of nitrogens with zero attached hydrogens (tertiary/aromatic N) is 5. The molecule has 4 rings (SSSR count). The van der Waals surface area contributed by atoms with Crippen LogP contribution in [0, 0.1) is 0 Å². The predicted octanol–water partition coefficient (Wildman–Crippen LogP) is 5.48. The molecule has 1 saturated carbocycles. The Kier molecular flexibility index (Phi) is 7.01. The summed E-state index contributed by atoms with van der Waals surface area (Å²) in [5.41, 5.74) is 2.04. The average molecular weight is 493 g/mol. The van der Waals surface area contributed by atoms with Gasteiger partial charge in [-0.3, -0.25) is 4.79 Å². The molecule has 35 heavy (non-hydrogen) atoms. The van der Waals surface area contributed by atoms with E-state index in [4.69, 9.17) is 9.41 Å². The number of hydrogen-bond acceptors (Lipinski definition) is 6. The van der Waals surface area contributed by atoms with E-state index in [1.807, 2.05) is 24.4 Å². The molecule has 1 aliphatic carbocycles. The zero-order valence-corrected chi connectivity index (χ0v) is 22.8. The Bertz CT molecular complexity index is 1190. The fourth-order valence-corrected chi connectivity index (χ4v) is 4.95. The molecular formula is C26H36N6O2Si. The van der Waals surface area contributed by atoms with Crippen LogP contribution in [0.3, 0.4) is 0 Å². The van der Waals surface area contributed by atoms with Crippen molar-refractivity contribution in [3.63, 3.8) is 0 Å². The van der Waals surface area contributed by atoms with Crippen LogP contribution in [-0.2, 0) is 10.0 Å². The van der Waals surface area contributed by atoms with Crippen molar-refractivity contribution >= 4 is 38.5 Å². The molecular weight excluding hydrogens is 456 g/mol. The molecule has 1 fully saturated rings. The first-order chi connectivity index (χ1) is 16.4. The highest BCUT2D eigenvalue weighted by atomic mass is 28.2. The number of carbonyl (C=O) groups excluding carboxylic acids is 1. The van der Waals surface area contributed by atoms with Crippen LogP contribution in [0.5, 0.6) is 0 Å². The maximum atomic E-state index is 12.9. The number of anilines is 2. The molecule has 9 heteroatoms. The van der Waals surface area contributed by atoms with Crippen LogP contribution in [0.15, 0.2) is 30.6 Å². The maximum absolute atomic E-state index is 12.9. The Labute approximate surface area is 210 Å². The standard InChI is InChI=1S/C26H36N6O2Si/c1-25(2,3)35-34-26(4,5)18-12-13-21(27-16-18)29-24-28-15-17-14-20(23(33)31(6)7)32(22(17)30-24)19-10-8-9-11-19/h12-16,19H,8-11H2,1-7H3,(H,27,28,29,30). The van der Waals surface area contributed by atoms with Crippen LogP contribution in [-0.4, -0.2) is 54.2 Å². The van der Waals surface area contributed by atoms with Gasteiger partial charge < -0.3 is 19.2 Å². The number of carbonyl (C=O) groups is 1. The van der Waals surface area contributed by atoms with Gasteiger partial charge in [-0.2, -0.15) is 4.98 Å². The molecule has 0 aromatic carbocycles. The third-order valence-electron chi connectivity index (χ3n) is 6.20. The molecule has 2 radical (unpaired) electrons. The molecule has 0 bridgehead atoms. The summed E-state index contributed by atoms with van der Waals surface area (Å²) >= 11 is 0. The summed E-state index contributed by atoms with van der Waals surface area (Å²) in [6.07, 6.45) is 8.07. The van der Waals surface area contributed by atoms with Gasteiger partial charge in [-0.1, -0.05) is 39.7 Å². The Balaban J connectivity index is 1.59. The fourth-order valence-electron chi connectivity index (χ4n) is 4.27. The van der Waals surface area contributed by atoms with Crippen LogP contribution in [0.2, 0.25) is 5.04 Å². The van der Waals surface area contributed by atoms with Gasteiger partial charge in [-0.05, 0) is 43.9 Å². The molecule has 0 unspecified atom stereocenters. The highest BCUT2D eigenvalue weighted by Gasteiger charge is 2.27. The van der Waals surface area contributed by atoms with Crippen LogP contribution in [0.25, 0.3) is 11.0 Å². The maximum Gasteiger partial charge on any atom is 0.270 e. The summed E-state index contributed by atoms with van der Waals surface area (Å²) < 4.78 is 8.31. The highest BCUT2D eigenvalue weighted by molar-refractivity contribution is 6.31. The van der Waals surface area contributed by atoms with Gasteiger partial charge in [0.1, 0.15) is 17.2 Å². The summed E-state index contributed by atoms with van der Waals surface area (Å²) in [5, 5.41) is 4.22. The van der Waals surface area contributed by atoms with E-state index in [9.17, 15) is 4.79 Å². The number of rotatable bonds is 7. The second kappa shape index (κ2) is 9.70. The predicted molar refractivity (Wildman–Crippen MR) is 140 cm³/mol. The number of fused-ring (bicyclic) bond motifs is 1. The van der Waals surface area contributed by atoms with E-state index in [-0.39, 0.29) is 17.0 Å². The van der Waals surface area contributed by atoms with Gasteiger partial charge in [0.2, 0.25) is 15.7 Å². The van der Waals surface area contributed by atoms with Crippen molar-refractivity contribution in [3.05, 3.63) is 41.9 Å². The molecule has 0 saturated heterocycles. The number of amides is 1. The van der Waals surface area contributed by atoms with Crippen molar-refractivity contribution < 1.29 is 9.22 Å². The SMILES string of the molecule is CN(C)C(=O)c1cc2cnc(Nc3ccc(C(C)(C)O[Si]C(C)(C)C)cn3)nc2n1C1CCCC1. The lowest BCUT2D eigenvalue weighted by atomic mass is 10.0. The second-order valence-electron chi connectivity index (χ2n) is 11.0. The molecule has 8 nitrogen and oxygen atoms in total. The first-order valence-corrected chi connectivity index (χ1v) is 13.1. The molecule has 186 valence electrons. The van der Waals surface area contributed by atoms with E-state index in [0.717, 1.165) is 29.4 Å². The van der Waals surface area contributed by atoms with E-state index in [1.54, 1.807) is 25.2 Å². The van der Waals surface area contributed by atoms with E-state index in [2.05, 4.69) is 54.5 Å². The number of pyridine rings is 1. The molecule has 0 atom stereocenters. The Morgan fingerprint density at radius 1 is 1.11 bits per heavy atom. The number of hydrogen-bond donors (Lipinski definition) is 1. The number of nitrogens with one attached hydrogen (secondary N) is 1. The summed E-state index contributed by atoms with van der Waals surface area (Å²) in [4.78, 5) is 28.4. The van der Waals surface area contributed by atoms with Gasteiger partial charge in [-0.25, -0.2) is 9.97 Å². The van der Waals surface area contributed by atoms with Gasteiger partial charge in [0.25, 0.3) is 5.91 Å². The van der Waals surface area contributed by atoms with Crippen LogP contribution in [0.1, 0.15) is 82.4 Å². The molecule has 3 aromatic rings. The van der Waals surface area contributed by atoms with Crippen molar-refractivity contribution in [3.8, 4) is 0 Å². The molecule has 1 aliphatic rings. The second-order valence-corrected chi connectivity index (χ2v) is 12.9. The van der Waals surface area contributed by atoms with Crippen molar-refractivity contribution in [1.29, 1.82) is 0 Å².